The molecular weight excluding hydrogens is 184 g/mol. The van der Waals surface area contributed by atoms with Crippen LogP contribution in [0.2, 0.25) is 0 Å². The molecule has 2 heteroatoms. The number of piperazine rings is 1. The van der Waals surface area contributed by atoms with E-state index in [2.05, 4.69) is 42.3 Å². The Bertz CT molecular complexity index is 307. The summed E-state index contributed by atoms with van der Waals surface area (Å²) in [6, 6.07) is 6.84. The van der Waals surface area contributed by atoms with Gasteiger partial charge in [0.15, 0.2) is 0 Å². The lowest BCUT2D eigenvalue weighted by Gasteiger charge is -2.27. The molecule has 1 heterocycles. The molecule has 0 atom stereocenters. The van der Waals surface area contributed by atoms with Gasteiger partial charge in [0, 0.05) is 32.7 Å². The lowest BCUT2D eigenvalue weighted by molar-refractivity contribution is 0.233. The molecule has 1 aliphatic heterocycles. The minimum absolute atomic E-state index is 1.10. The van der Waals surface area contributed by atoms with Crippen LogP contribution < -0.4 is 5.32 Å². The third-order valence-electron chi connectivity index (χ3n) is 2.90. The molecule has 1 aliphatic rings. The predicted octanol–water partition coefficient (Wildman–Crippen LogP) is 1.71. The summed E-state index contributed by atoms with van der Waals surface area (Å²) in [5.41, 5.74) is 4.20. The van der Waals surface area contributed by atoms with Gasteiger partial charge in [0.2, 0.25) is 0 Å². The van der Waals surface area contributed by atoms with Crippen LogP contribution in [0, 0.1) is 13.8 Å². The largest absolute Gasteiger partial charge is 0.314 e. The van der Waals surface area contributed by atoms with E-state index in [1.54, 1.807) is 0 Å². The molecule has 1 fully saturated rings. The van der Waals surface area contributed by atoms with Gasteiger partial charge in [0.05, 0.1) is 0 Å². The van der Waals surface area contributed by atoms with E-state index in [1.165, 1.54) is 29.8 Å². The van der Waals surface area contributed by atoms with Crippen molar-refractivity contribution >= 4 is 0 Å². The fraction of sp³-hybridized carbons (Fsp3) is 0.538. The Morgan fingerprint density at radius 3 is 2.27 bits per heavy atom. The van der Waals surface area contributed by atoms with Crippen molar-refractivity contribution in [1.29, 1.82) is 0 Å². The molecule has 15 heavy (non-hydrogen) atoms. The van der Waals surface area contributed by atoms with Gasteiger partial charge in [-0.1, -0.05) is 29.3 Å². The molecule has 0 unspecified atom stereocenters. The maximum absolute atomic E-state index is 3.38. The molecule has 1 N–H and O–H groups in total. The Kier molecular flexibility index (Phi) is 3.39. The highest BCUT2D eigenvalue weighted by molar-refractivity contribution is 5.28. The minimum atomic E-state index is 1.10. The van der Waals surface area contributed by atoms with Gasteiger partial charge in [-0.3, -0.25) is 4.90 Å². The Morgan fingerprint density at radius 1 is 1.07 bits per heavy atom. The van der Waals surface area contributed by atoms with Gasteiger partial charge in [-0.15, -0.1) is 0 Å². The Balaban J connectivity index is 2.02. The lowest BCUT2D eigenvalue weighted by atomic mass is 10.1. The van der Waals surface area contributed by atoms with E-state index in [0.717, 1.165) is 19.6 Å². The van der Waals surface area contributed by atoms with E-state index >= 15 is 0 Å². The van der Waals surface area contributed by atoms with Crippen LogP contribution in [-0.4, -0.2) is 31.1 Å². The molecule has 2 nitrogen and oxygen atoms in total. The van der Waals surface area contributed by atoms with Crippen LogP contribution in [0.5, 0.6) is 0 Å². The third-order valence-corrected chi connectivity index (χ3v) is 2.90. The summed E-state index contributed by atoms with van der Waals surface area (Å²) in [6.45, 7) is 10.1. The van der Waals surface area contributed by atoms with Crippen molar-refractivity contribution in [1.82, 2.24) is 10.2 Å². The second kappa shape index (κ2) is 4.77. The van der Waals surface area contributed by atoms with Crippen LogP contribution in [0.15, 0.2) is 18.2 Å². The first-order valence-electron chi connectivity index (χ1n) is 5.74. The van der Waals surface area contributed by atoms with Gasteiger partial charge in [-0.2, -0.15) is 0 Å². The van der Waals surface area contributed by atoms with Crippen molar-refractivity contribution in [3.05, 3.63) is 34.9 Å². The lowest BCUT2D eigenvalue weighted by Crippen LogP contribution is -2.42. The summed E-state index contributed by atoms with van der Waals surface area (Å²) >= 11 is 0. The molecular formula is C13H20N2. The van der Waals surface area contributed by atoms with Gasteiger partial charge >= 0.3 is 0 Å². The van der Waals surface area contributed by atoms with Gasteiger partial charge in [-0.25, -0.2) is 0 Å². The van der Waals surface area contributed by atoms with Crippen LogP contribution in [0.1, 0.15) is 16.7 Å². The zero-order valence-corrected chi connectivity index (χ0v) is 9.71. The average Bonchev–Trinajstić information content (AvgIpc) is 2.17. The topological polar surface area (TPSA) is 15.3 Å². The number of aryl methyl sites for hydroxylation is 2. The first-order valence-corrected chi connectivity index (χ1v) is 5.74. The monoisotopic (exact) mass is 204 g/mol. The normalized spacial score (nSPS) is 18.0. The van der Waals surface area contributed by atoms with Crippen LogP contribution in [0.4, 0.5) is 0 Å². The van der Waals surface area contributed by atoms with Crippen LogP contribution in [-0.2, 0) is 6.54 Å². The summed E-state index contributed by atoms with van der Waals surface area (Å²) in [6.07, 6.45) is 0. The van der Waals surface area contributed by atoms with Gasteiger partial charge in [-0.05, 0) is 19.4 Å². The molecule has 1 aromatic carbocycles. The van der Waals surface area contributed by atoms with Crippen LogP contribution in [0.25, 0.3) is 0 Å². The summed E-state index contributed by atoms with van der Waals surface area (Å²) in [4.78, 5) is 2.52. The van der Waals surface area contributed by atoms with Crippen LogP contribution in [0.3, 0.4) is 0 Å². The van der Waals surface area contributed by atoms with Crippen molar-refractivity contribution in [2.24, 2.45) is 0 Å². The third kappa shape index (κ3) is 3.05. The SMILES string of the molecule is Cc1cc(C)cc(CN2CCNCC2)c1. The molecule has 0 saturated carbocycles. The van der Waals surface area contributed by atoms with E-state index in [0.29, 0.717) is 0 Å². The average molecular weight is 204 g/mol. The molecule has 1 saturated heterocycles. The highest BCUT2D eigenvalue weighted by Gasteiger charge is 2.09. The number of benzene rings is 1. The molecule has 0 amide bonds. The standard InChI is InChI=1S/C13H20N2/c1-11-7-12(2)9-13(8-11)10-15-5-3-14-4-6-15/h7-9,14H,3-6,10H2,1-2H3. The highest BCUT2D eigenvalue weighted by Crippen LogP contribution is 2.11. The highest BCUT2D eigenvalue weighted by atomic mass is 15.2. The van der Waals surface area contributed by atoms with Crippen molar-refractivity contribution in [3.63, 3.8) is 0 Å². The quantitative estimate of drug-likeness (QED) is 0.789. The smallest absolute Gasteiger partial charge is 0.0235 e. The van der Waals surface area contributed by atoms with E-state index in [1.807, 2.05) is 0 Å². The van der Waals surface area contributed by atoms with Crippen LogP contribution >= 0.6 is 0 Å². The number of hydrogen-bond acceptors (Lipinski definition) is 2. The van der Waals surface area contributed by atoms with Crippen molar-refractivity contribution in [2.45, 2.75) is 20.4 Å². The Hall–Kier alpha value is -0.860. The fourth-order valence-electron chi connectivity index (χ4n) is 2.29. The number of hydrogen-bond donors (Lipinski definition) is 1. The van der Waals surface area contributed by atoms with E-state index in [-0.39, 0.29) is 0 Å². The second-order valence-electron chi connectivity index (χ2n) is 4.52. The Labute approximate surface area is 92.3 Å². The fourth-order valence-corrected chi connectivity index (χ4v) is 2.29. The summed E-state index contributed by atoms with van der Waals surface area (Å²) < 4.78 is 0. The van der Waals surface area contributed by atoms with Crippen molar-refractivity contribution < 1.29 is 0 Å². The molecule has 0 bridgehead atoms. The van der Waals surface area contributed by atoms with Gasteiger partial charge < -0.3 is 5.32 Å². The molecule has 2 rings (SSSR count). The maximum Gasteiger partial charge on any atom is 0.0235 e. The first kappa shape index (κ1) is 10.7. The number of rotatable bonds is 2. The van der Waals surface area contributed by atoms with E-state index < -0.39 is 0 Å². The number of nitrogens with zero attached hydrogens (tertiary/aromatic N) is 1. The Morgan fingerprint density at radius 2 is 1.67 bits per heavy atom. The maximum atomic E-state index is 3.38. The summed E-state index contributed by atoms with van der Waals surface area (Å²) in [5.74, 6) is 0. The van der Waals surface area contributed by atoms with E-state index in [4.69, 9.17) is 0 Å². The molecule has 0 aromatic heterocycles. The van der Waals surface area contributed by atoms with Gasteiger partial charge in [0.1, 0.15) is 0 Å². The molecule has 0 aliphatic carbocycles. The van der Waals surface area contributed by atoms with Gasteiger partial charge in [0.25, 0.3) is 0 Å². The second-order valence-corrected chi connectivity index (χ2v) is 4.52. The molecule has 0 spiro atoms. The van der Waals surface area contributed by atoms with Crippen molar-refractivity contribution in [2.75, 3.05) is 26.2 Å². The van der Waals surface area contributed by atoms with E-state index in [9.17, 15) is 0 Å². The zero-order chi connectivity index (χ0) is 10.7. The van der Waals surface area contributed by atoms with Crippen molar-refractivity contribution in [3.8, 4) is 0 Å². The molecule has 1 aromatic rings. The zero-order valence-electron chi connectivity index (χ0n) is 9.71. The minimum Gasteiger partial charge on any atom is -0.314 e. The molecule has 0 radical (unpaired) electrons. The predicted molar refractivity (Wildman–Crippen MR) is 64.1 cm³/mol. The first-order chi connectivity index (χ1) is 7.24. The number of nitrogens with one attached hydrogen (secondary N) is 1. The molecule has 82 valence electrons. The summed E-state index contributed by atoms with van der Waals surface area (Å²) in [7, 11) is 0. The summed E-state index contributed by atoms with van der Waals surface area (Å²) in [5, 5.41) is 3.38.